The fourth-order valence-corrected chi connectivity index (χ4v) is 2.47. The molecule has 0 amide bonds. The average molecular weight is 291 g/mol. The van der Waals surface area contributed by atoms with E-state index in [9.17, 15) is 0 Å². The van der Waals surface area contributed by atoms with Gasteiger partial charge in [0.05, 0.1) is 5.69 Å². The Bertz CT molecular complexity index is 422. The lowest BCUT2D eigenvalue weighted by molar-refractivity contribution is 0.182. The predicted octanol–water partition coefficient (Wildman–Crippen LogP) is 3.63. The molecule has 21 heavy (non-hydrogen) atoms. The molecule has 118 valence electrons. The number of benzene rings is 1. The van der Waals surface area contributed by atoms with E-state index in [1.165, 1.54) is 18.3 Å². The van der Waals surface area contributed by atoms with Crippen LogP contribution in [-0.4, -0.2) is 36.1 Å². The van der Waals surface area contributed by atoms with Gasteiger partial charge in [-0.15, -0.1) is 0 Å². The van der Waals surface area contributed by atoms with E-state index in [0.29, 0.717) is 5.41 Å². The van der Waals surface area contributed by atoms with Gasteiger partial charge in [0.1, 0.15) is 6.34 Å². The lowest BCUT2D eigenvalue weighted by Crippen LogP contribution is -2.34. The first-order valence-electron chi connectivity index (χ1n) is 7.74. The molecular weight excluding hydrogens is 262 g/mol. The highest BCUT2D eigenvalue weighted by Gasteiger charge is 2.20. The van der Waals surface area contributed by atoms with E-state index in [0.717, 1.165) is 31.7 Å². The summed E-state index contributed by atoms with van der Waals surface area (Å²) < 4.78 is 0. The van der Waals surface area contributed by atoms with Gasteiger partial charge < -0.3 is 4.90 Å². The van der Waals surface area contributed by atoms with Crippen molar-refractivity contribution in [3.8, 4) is 0 Å². The van der Waals surface area contributed by atoms with Crippen molar-refractivity contribution < 1.29 is 5.21 Å². The Morgan fingerprint density at radius 3 is 2.33 bits per heavy atom. The third kappa shape index (κ3) is 6.74. The molecule has 0 saturated heterocycles. The summed E-state index contributed by atoms with van der Waals surface area (Å²) in [7, 11) is 0. The van der Waals surface area contributed by atoms with Gasteiger partial charge in [-0.1, -0.05) is 39.8 Å². The smallest absolute Gasteiger partial charge is 0.113 e. The quantitative estimate of drug-likeness (QED) is 0.415. The normalized spacial score (nSPS) is 12.3. The van der Waals surface area contributed by atoms with Crippen molar-refractivity contribution in [2.45, 2.75) is 40.5 Å². The van der Waals surface area contributed by atoms with Crippen molar-refractivity contribution in [3.63, 3.8) is 0 Å². The van der Waals surface area contributed by atoms with E-state index in [1.807, 2.05) is 17.6 Å². The maximum absolute atomic E-state index is 8.47. The van der Waals surface area contributed by atoms with Gasteiger partial charge in [0.15, 0.2) is 0 Å². The van der Waals surface area contributed by atoms with Crippen molar-refractivity contribution >= 4 is 12.0 Å². The number of nitrogens with zero attached hydrogens (tertiary/aromatic N) is 2. The monoisotopic (exact) mass is 291 g/mol. The van der Waals surface area contributed by atoms with Crippen LogP contribution in [0, 0.1) is 5.41 Å². The number of aryl methyl sites for hydroxylation is 1. The third-order valence-electron chi connectivity index (χ3n) is 3.84. The Morgan fingerprint density at radius 1 is 1.19 bits per heavy atom. The van der Waals surface area contributed by atoms with Gasteiger partial charge in [-0.05, 0) is 49.0 Å². The molecule has 0 aliphatic heterocycles. The molecule has 0 saturated carbocycles. The second kappa shape index (κ2) is 8.80. The molecule has 0 aliphatic carbocycles. The van der Waals surface area contributed by atoms with E-state index < -0.39 is 0 Å². The van der Waals surface area contributed by atoms with Crippen LogP contribution in [0.15, 0.2) is 29.3 Å². The zero-order chi connectivity index (χ0) is 15.7. The summed E-state index contributed by atoms with van der Waals surface area (Å²) >= 11 is 0. The fraction of sp³-hybridized carbons (Fsp3) is 0.588. The van der Waals surface area contributed by atoms with Crippen LogP contribution in [0.2, 0.25) is 0 Å². The molecule has 0 aliphatic rings. The van der Waals surface area contributed by atoms with Crippen LogP contribution in [0.25, 0.3) is 0 Å². The van der Waals surface area contributed by atoms with Crippen molar-refractivity contribution in [2.75, 3.05) is 19.6 Å². The number of nitrogens with one attached hydrogen (secondary N) is 1. The zero-order valence-corrected chi connectivity index (χ0v) is 13.8. The highest BCUT2D eigenvalue weighted by atomic mass is 16.5. The Labute approximate surface area is 128 Å². The molecule has 0 heterocycles. The lowest BCUT2D eigenvalue weighted by atomic mass is 9.85. The molecule has 0 fully saturated rings. The lowest BCUT2D eigenvalue weighted by Gasteiger charge is -2.31. The molecule has 0 atom stereocenters. The molecule has 0 radical (unpaired) electrons. The minimum Gasteiger partial charge on any atom is -0.303 e. The summed E-state index contributed by atoms with van der Waals surface area (Å²) in [5.41, 5.74) is 4.40. The zero-order valence-electron chi connectivity index (χ0n) is 13.8. The van der Waals surface area contributed by atoms with Crippen molar-refractivity contribution in [1.29, 1.82) is 0 Å². The van der Waals surface area contributed by atoms with Crippen LogP contribution in [0.4, 0.5) is 5.69 Å². The molecule has 0 spiro atoms. The van der Waals surface area contributed by atoms with Gasteiger partial charge in [-0.25, -0.2) is 4.99 Å². The minimum atomic E-state index is 0.323. The molecule has 0 bridgehead atoms. The van der Waals surface area contributed by atoms with Crippen LogP contribution >= 0.6 is 0 Å². The molecule has 2 N–H and O–H groups in total. The first-order chi connectivity index (χ1) is 10.0. The summed E-state index contributed by atoms with van der Waals surface area (Å²) in [6.07, 6.45) is 3.52. The van der Waals surface area contributed by atoms with E-state index in [-0.39, 0.29) is 0 Å². The fourth-order valence-electron chi connectivity index (χ4n) is 2.47. The van der Waals surface area contributed by atoms with Gasteiger partial charge in [-0.2, -0.15) is 0 Å². The van der Waals surface area contributed by atoms with Crippen LogP contribution in [-0.2, 0) is 6.42 Å². The Morgan fingerprint density at radius 2 is 1.81 bits per heavy atom. The second-order valence-electron chi connectivity index (χ2n) is 6.18. The Hall–Kier alpha value is -1.39. The number of hydrogen-bond acceptors (Lipinski definition) is 3. The van der Waals surface area contributed by atoms with Gasteiger partial charge in [0, 0.05) is 6.54 Å². The minimum absolute atomic E-state index is 0.323. The number of hydroxylamine groups is 1. The Kier molecular flexibility index (Phi) is 7.40. The van der Waals surface area contributed by atoms with Crippen molar-refractivity contribution in [2.24, 2.45) is 10.4 Å². The largest absolute Gasteiger partial charge is 0.303 e. The van der Waals surface area contributed by atoms with Gasteiger partial charge in [-0.3, -0.25) is 10.7 Å². The van der Waals surface area contributed by atoms with Crippen LogP contribution in [0.5, 0.6) is 0 Å². The number of hydrogen-bond donors (Lipinski definition) is 2. The summed E-state index contributed by atoms with van der Waals surface area (Å²) in [6.45, 7) is 12.5. The highest BCUT2D eigenvalue weighted by Crippen LogP contribution is 2.25. The van der Waals surface area contributed by atoms with Crippen LogP contribution in [0.3, 0.4) is 0 Å². The number of aliphatic imine (C=N–C) groups is 1. The maximum atomic E-state index is 8.47. The molecule has 1 aromatic rings. The Balaban J connectivity index is 2.51. The van der Waals surface area contributed by atoms with E-state index >= 15 is 0 Å². The molecule has 4 nitrogen and oxygen atoms in total. The van der Waals surface area contributed by atoms with E-state index in [1.54, 1.807) is 0 Å². The molecule has 1 aromatic carbocycles. The molecule has 1 rings (SSSR count). The summed E-state index contributed by atoms with van der Waals surface area (Å²) in [5, 5.41) is 8.47. The SMILES string of the molecule is CCN(CC)CC(C)(C)CCc1ccc(N=CNO)cc1. The number of rotatable bonds is 9. The van der Waals surface area contributed by atoms with Crippen molar-refractivity contribution in [1.82, 2.24) is 10.4 Å². The summed E-state index contributed by atoms with van der Waals surface area (Å²) in [4.78, 5) is 6.53. The standard InChI is InChI=1S/C17H29N3O/c1-5-20(6-2)13-17(3,4)12-11-15-7-9-16(10-8-15)18-14-19-21/h7-10,14,21H,5-6,11-13H2,1-4H3,(H,18,19). The first-order valence-corrected chi connectivity index (χ1v) is 7.74. The van der Waals surface area contributed by atoms with E-state index in [2.05, 4.69) is 49.7 Å². The van der Waals surface area contributed by atoms with Gasteiger partial charge in [0.2, 0.25) is 0 Å². The summed E-state index contributed by atoms with van der Waals surface area (Å²) in [5.74, 6) is 0. The van der Waals surface area contributed by atoms with Crippen molar-refractivity contribution in [3.05, 3.63) is 29.8 Å². The van der Waals surface area contributed by atoms with E-state index in [4.69, 9.17) is 5.21 Å². The van der Waals surface area contributed by atoms with Gasteiger partial charge in [0.25, 0.3) is 0 Å². The first kappa shape index (κ1) is 17.7. The highest BCUT2D eigenvalue weighted by molar-refractivity contribution is 5.59. The predicted molar refractivity (Wildman–Crippen MR) is 89.4 cm³/mol. The second-order valence-corrected chi connectivity index (χ2v) is 6.18. The van der Waals surface area contributed by atoms with Crippen LogP contribution in [0.1, 0.15) is 39.7 Å². The third-order valence-corrected chi connectivity index (χ3v) is 3.84. The molecular formula is C17H29N3O. The summed E-state index contributed by atoms with van der Waals surface area (Å²) in [6, 6.07) is 8.16. The maximum Gasteiger partial charge on any atom is 0.113 e. The molecule has 0 aromatic heterocycles. The molecule has 0 unspecified atom stereocenters. The molecule has 4 heteroatoms. The topological polar surface area (TPSA) is 47.9 Å². The van der Waals surface area contributed by atoms with Gasteiger partial charge >= 0.3 is 0 Å². The average Bonchev–Trinajstić information content (AvgIpc) is 2.49. The van der Waals surface area contributed by atoms with Crippen LogP contribution < -0.4 is 5.48 Å².